The zero-order valence-corrected chi connectivity index (χ0v) is 34.3. The van der Waals surface area contributed by atoms with Gasteiger partial charge in [-0.25, -0.2) is 0 Å². The van der Waals surface area contributed by atoms with E-state index in [1.165, 1.54) is 0 Å². The van der Waals surface area contributed by atoms with E-state index in [4.69, 9.17) is 18.3 Å². The van der Waals surface area contributed by atoms with Gasteiger partial charge in [-0.15, -0.1) is 0 Å². The maximum Gasteiger partial charge on any atom is 0.261 e. The summed E-state index contributed by atoms with van der Waals surface area (Å²) in [5.41, 5.74) is 0.354. The Morgan fingerprint density at radius 2 is 0.963 bits per heavy atom. The highest BCUT2D eigenvalue weighted by Crippen LogP contribution is 2.47. The molecule has 0 bridgehead atoms. The number of benzene rings is 5. The summed E-state index contributed by atoms with van der Waals surface area (Å²) in [7, 11) is -5.18. The molecule has 1 aliphatic rings. The second-order valence-electron chi connectivity index (χ2n) is 16.2. The molecular formula is C45H54O7Si2. The third kappa shape index (κ3) is 7.04. The Morgan fingerprint density at radius 3 is 1.30 bits per heavy atom. The van der Waals surface area contributed by atoms with Crippen molar-refractivity contribution in [2.24, 2.45) is 0 Å². The van der Waals surface area contributed by atoms with Gasteiger partial charge in [0.15, 0.2) is 0 Å². The number of aliphatic hydroxyl groups is 3. The predicted octanol–water partition coefficient (Wildman–Crippen LogP) is 5.48. The van der Waals surface area contributed by atoms with Crippen LogP contribution >= 0.6 is 0 Å². The van der Waals surface area contributed by atoms with E-state index in [2.05, 4.69) is 90.1 Å². The topological polar surface area (TPSA) is 97.6 Å². The van der Waals surface area contributed by atoms with Crippen LogP contribution in [0.3, 0.4) is 0 Å². The molecule has 1 saturated heterocycles. The molecule has 5 aromatic carbocycles. The van der Waals surface area contributed by atoms with Crippen molar-refractivity contribution in [2.45, 2.75) is 81.8 Å². The first-order chi connectivity index (χ1) is 25.7. The van der Waals surface area contributed by atoms with E-state index in [1.54, 1.807) is 31.4 Å². The summed E-state index contributed by atoms with van der Waals surface area (Å²) < 4.78 is 27.4. The Balaban J connectivity index is 1.60. The Bertz CT molecular complexity index is 1850. The molecule has 6 rings (SSSR count). The molecule has 3 N–H and O–H groups in total. The van der Waals surface area contributed by atoms with Gasteiger partial charge in [0.2, 0.25) is 5.79 Å². The van der Waals surface area contributed by atoms with Crippen molar-refractivity contribution in [1.82, 2.24) is 0 Å². The SMILES string of the molecule is COc1ccc([C@@]2(O)O[C@H](CO)[C@@H](O[Si](c3ccccc3)(c3ccccc3)C(C)(C)C)[C@H](O)[C@H]2O[Si](c2ccccc2)(c2ccccc2)C(C)(C)C)cc1. The van der Waals surface area contributed by atoms with Gasteiger partial charge >= 0.3 is 0 Å². The van der Waals surface area contributed by atoms with E-state index in [1.807, 2.05) is 72.8 Å². The molecule has 54 heavy (non-hydrogen) atoms. The maximum atomic E-state index is 13.1. The molecule has 0 aromatic heterocycles. The predicted molar refractivity (Wildman–Crippen MR) is 220 cm³/mol. The molecule has 0 spiro atoms. The number of methoxy groups -OCH3 is 1. The number of hydrogen-bond donors (Lipinski definition) is 3. The van der Waals surface area contributed by atoms with Gasteiger partial charge in [-0.05, 0) is 55.1 Å². The standard InChI is InChI=1S/C45H54O7Si2/c1-43(2,3)53(35-20-12-8-13-21-35,36-22-14-9-15-23-36)51-41-39(32-46)50-45(48,33-28-30-34(49-7)31-29-33)42(40(41)47)52-54(44(4,5)6,37-24-16-10-17-25-37)38-26-18-11-19-27-38/h8-31,39-42,46-48H,32H2,1-7H3/t39-,40+,41-,42-,45-/m1/s1. The van der Waals surface area contributed by atoms with Crippen molar-refractivity contribution in [3.05, 3.63) is 151 Å². The summed E-state index contributed by atoms with van der Waals surface area (Å²) in [6, 6.07) is 47.4. The molecule has 9 heteroatoms. The average molecular weight is 763 g/mol. The van der Waals surface area contributed by atoms with Crippen molar-refractivity contribution in [3.63, 3.8) is 0 Å². The van der Waals surface area contributed by atoms with E-state index in [0.717, 1.165) is 20.7 Å². The van der Waals surface area contributed by atoms with Gasteiger partial charge < -0.3 is 33.6 Å². The highest BCUT2D eigenvalue weighted by atomic mass is 28.4. The molecule has 5 aromatic rings. The lowest BCUT2D eigenvalue weighted by Gasteiger charge is -2.55. The van der Waals surface area contributed by atoms with Crippen molar-refractivity contribution in [1.29, 1.82) is 0 Å². The first-order valence-corrected chi connectivity index (χ1v) is 22.5. The molecule has 0 aliphatic carbocycles. The smallest absolute Gasteiger partial charge is 0.261 e. The fraction of sp³-hybridized carbons (Fsp3) is 0.333. The van der Waals surface area contributed by atoms with Gasteiger partial charge in [0.05, 0.1) is 13.7 Å². The Labute approximate surface area is 322 Å². The summed E-state index contributed by atoms with van der Waals surface area (Å²) in [6.45, 7) is 12.4. The Kier molecular flexibility index (Phi) is 11.6. The molecule has 1 heterocycles. The molecule has 0 unspecified atom stereocenters. The Morgan fingerprint density at radius 1 is 0.593 bits per heavy atom. The lowest BCUT2D eigenvalue weighted by Crippen LogP contribution is -2.76. The third-order valence-corrected chi connectivity index (χ3v) is 20.9. The van der Waals surface area contributed by atoms with Gasteiger partial charge in [0.25, 0.3) is 16.6 Å². The number of ether oxygens (including phenoxy) is 2. The van der Waals surface area contributed by atoms with Crippen LogP contribution in [0, 0.1) is 0 Å². The molecule has 0 amide bonds. The van der Waals surface area contributed by atoms with Crippen molar-refractivity contribution < 1.29 is 33.6 Å². The van der Waals surface area contributed by atoms with Crippen LogP contribution in [0.4, 0.5) is 0 Å². The van der Waals surface area contributed by atoms with E-state index < -0.39 is 63.5 Å². The first-order valence-electron chi connectivity index (χ1n) is 18.6. The van der Waals surface area contributed by atoms with E-state index >= 15 is 0 Å². The molecule has 0 saturated carbocycles. The third-order valence-electron chi connectivity index (χ3n) is 10.9. The van der Waals surface area contributed by atoms with Gasteiger partial charge in [0.1, 0.15) is 30.2 Å². The van der Waals surface area contributed by atoms with Crippen LogP contribution in [0.2, 0.25) is 10.1 Å². The summed E-state index contributed by atoms with van der Waals surface area (Å²) in [6.07, 6.45) is -5.08. The highest BCUT2D eigenvalue weighted by molar-refractivity contribution is 7.00. The van der Waals surface area contributed by atoms with Crippen LogP contribution in [0.15, 0.2) is 146 Å². The molecule has 7 nitrogen and oxygen atoms in total. The average Bonchev–Trinajstić information content (AvgIpc) is 3.18. The number of aliphatic hydroxyl groups excluding tert-OH is 2. The van der Waals surface area contributed by atoms with Crippen LogP contribution < -0.4 is 25.5 Å². The van der Waals surface area contributed by atoms with E-state index in [0.29, 0.717) is 11.3 Å². The summed E-state index contributed by atoms with van der Waals surface area (Å²) in [5.74, 6) is -1.62. The fourth-order valence-electron chi connectivity index (χ4n) is 8.26. The largest absolute Gasteiger partial charge is 0.497 e. The zero-order chi connectivity index (χ0) is 38.8. The minimum absolute atomic E-state index is 0.354. The summed E-state index contributed by atoms with van der Waals surface area (Å²) in [4.78, 5) is 0. The lowest BCUT2D eigenvalue weighted by atomic mass is 9.88. The first kappa shape index (κ1) is 39.8. The van der Waals surface area contributed by atoms with Crippen molar-refractivity contribution >= 4 is 37.4 Å². The van der Waals surface area contributed by atoms with Gasteiger partial charge in [-0.2, -0.15) is 0 Å². The monoisotopic (exact) mass is 762 g/mol. The van der Waals surface area contributed by atoms with Crippen LogP contribution in [0.5, 0.6) is 5.75 Å². The van der Waals surface area contributed by atoms with Crippen LogP contribution in [0.1, 0.15) is 47.1 Å². The van der Waals surface area contributed by atoms with Crippen LogP contribution in [-0.2, 0) is 19.4 Å². The van der Waals surface area contributed by atoms with Gasteiger partial charge in [-0.3, -0.25) is 0 Å². The molecule has 1 aliphatic heterocycles. The lowest BCUT2D eigenvalue weighted by molar-refractivity contribution is -0.351. The minimum Gasteiger partial charge on any atom is -0.497 e. The van der Waals surface area contributed by atoms with Crippen molar-refractivity contribution in [3.8, 4) is 5.75 Å². The Hall–Kier alpha value is -3.91. The fourth-order valence-corrected chi connectivity index (χ4v) is 17.7. The second-order valence-corrected chi connectivity index (χ2v) is 24.7. The molecule has 1 fully saturated rings. The van der Waals surface area contributed by atoms with E-state index in [9.17, 15) is 15.3 Å². The van der Waals surface area contributed by atoms with Gasteiger partial charge in [0, 0.05) is 5.56 Å². The molecular weight excluding hydrogens is 709 g/mol. The number of hydrogen-bond acceptors (Lipinski definition) is 7. The molecule has 0 radical (unpaired) electrons. The summed E-state index contributed by atoms with van der Waals surface area (Å²) in [5, 5.41) is 40.3. The minimum atomic E-state index is -3.43. The van der Waals surface area contributed by atoms with Gasteiger partial charge in [-0.1, -0.05) is 163 Å². The zero-order valence-electron chi connectivity index (χ0n) is 32.3. The van der Waals surface area contributed by atoms with Crippen LogP contribution in [0.25, 0.3) is 0 Å². The normalized spacial score (nSPS) is 22.5. The highest BCUT2D eigenvalue weighted by Gasteiger charge is 2.63. The molecule has 284 valence electrons. The summed E-state index contributed by atoms with van der Waals surface area (Å²) >= 11 is 0. The quantitative estimate of drug-likeness (QED) is 0.154. The molecule has 5 atom stereocenters. The number of rotatable bonds is 11. The van der Waals surface area contributed by atoms with E-state index in [-0.39, 0.29) is 0 Å². The maximum absolute atomic E-state index is 13.1. The van der Waals surface area contributed by atoms with Crippen LogP contribution in [-0.4, -0.2) is 70.1 Å². The second kappa shape index (κ2) is 15.7. The van der Waals surface area contributed by atoms with Crippen molar-refractivity contribution in [2.75, 3.05) is 13.7 Å².